The summed E-state index contributed by atoms with van der Waals surface area (Å²) in [4.78, 5) is 16.1. The van der Waals surface area contributed by atoms with Gasteiger partial charge in [0.15, 0.2) is 5.82 Å². The summed E-state index contributed by atoms with van der Waals surface area (Å²) in [5.74, 6) is 3.15. The second-order valence-corrected chi connectivity index (χ2v) is 5.15. The summed E-state index contributed by atoms with van der Waals surface area (Å²) >= 11 is 1.15. The number of terminal acetylenes is 1. The van der Waals surface area contributed by atoms with Gasteiger partial charge in [0.1, 0.15) is 0 Å². The van der Waals surface area contributed by atoms with E-state index in [2.05, 4.69) is 25.9 Å². The van der Waals surface area contributed by atoms with Crippen LogP contribution in [0.4, 0.5) is 9.93 Å². The Kier molecular flexibility index (Phi) is 5.29. The van der Waals surface area contributed by atoms with E-state index >= 15 is 0 Å². The first-order chi connectivity index (χ1) is 10.2. The van der Waals surface area contributed by atoms with Crippen LogP contribution in [0.25, 0.3) is 11.4 Å². The maximum absolute atomic E-state index is 11.9. The predicted molar refractivity (Wildman–Crippen MR) is 85.0 cm³/mol. The van der Waals surface area contributed by atoms with Crippen molar-refractivity contribution in [1.29, 1.82) is 0 Å². The van der Waals surface area contributed by atoms with Crippen LogP contribution in [-0.2, 0) is 0 Å². The lowest BCUT2D eigenvalue weighted by molar-refractivity contribution is 0.248. The molecule has 1 heterocycles. The molecule has 1 aromatic heterocycles. The molecule has 2 N–H and O–H groups in total. The average molecular weight is 300 g/mol. The molecule has 0 saturated heterocycles. The molecule has 1 aromatic carbocycles. The second-order valence-electron chi connectivity index (χ2n) is 4.40. The van der Waals surface area contributed by atoms with Crippen molar-refractivity contribution in [3.05, 3.63) is 30.3 Å². The molecule has 1 atom stereocenters. The molecule has 108 valence electrons. The summed E-state index contributed by atoms with van der Waals surface area (Å²) in [7, 11) is 0. The van der Waals surface area contributed by atoms with E-state index in [1.54, 1.807) is 0 Å². The Hall–Kier alpha value is -2.39. The SMILES string of the molecule is C#CC[C@@H](CC)NC(=O)Nc1nc(-c2ccccc2)ns1. The predicted octanol–water partition coefficient (Wildman–Crippen LogP) is 3.13. The highest BCUT2D eigenvalue weighted by molar-refractivity contribution is 7.10. The van der Waals surface area contributed by atoms with Gasteiger partial charge >= 0.3 is 6.03 Å². The van der Waals surface area contributed by atoms with Gasteiger partial charge in [0.25, 0.3) is 0 Å². The van der Waals surface area contributed by atoms with Crippen molar-refractivity contribution in [3.63, 3.8) is 0 Å². The molecule has 2 amide bonds. The molecule has 0 aliphatic heterocycles. The quantitative estimate of drug-likeness (QED) is 0.834. The lowest BCUT2D eigenvalue weighted by Crippen LogP contribution is -2.37. The minimum Gasteiger partial charge on any atom is -0.334 e. The van der Waals surface area contributed by atoms with Crippen LogP contribution >= 0.6 is 11.5 Å². The zero-order valence-corrected chi connectivity index (χ0v) is 12.5. The third kappa shape index (κ3) is 4.29. The van der Waals surface area contributed by atoms with Gasteiger partial charge in [0.2, 0.25) is 5.13 Å². The van der Waals surface area contributed by atoms with E-state index in [0.717, 1.165) is 23.5 Å². The molecule has 0 bridgehead atoms. The smallest absolute Gasteiger partial charge is 0.321 e. The van der Waals surface area contributed by atoms with Crippen LogP contribution in [0.1, 0.15) is 19.8 Å². The minimum absolute atomic E-state index is 0.0310. The number of anilines is 1. The summed E-state index contributed by atoms with van der Waals surface area (Å²) in [6.45, 7) is 1.97. The number of hydrogen-bond donors (Lipinski definition) is 2. The van der Waals surface area contributed by atoms with Crippen molar-refractivity contribution in [2.45, 2.75) is 25.8 Å². The van der Waals surface area contributed by atoms with Crippen LogP contribution in [0.5, 0.6) is 0 Å². The highest BCUT2D eigenvalue weighted by Gasteiger charge is 2.12. The number of nitrogens with one attached hydrogen (secondary N) is 2. The molecular weight excluding hydrogens is 284 g/mol. The van der Waals surface area contributed by atoms with E-state index in [0.29, 0.717) is 17.4 Å². The van der Waals surface area contributed by atoms with Gasteiger partial charge in [0, 0.05) is 29.6 Å². The molecule has 5 nitrogen and oxygen atoms in total. The van der Waals surface area contributed by atoms with Gasteiger partial charge in [-0.05, 0) is 6.42 Å². The summed E-state index contributed by atoms with van der Waals surface area (Å²) in [5, 5.41) is 5.95. The fourth-order valence-corrected chi connectivity index (χ4v) is 2.32. The van der Waals surface area contributed by atoms with Crippen LogP contribution in [0.3, 0.4) is 0 Å². The lowest BCUT2D eigenvalue weighted by Gasteiger charge is -2.13. The molecule has 2 rings (SSSR count). The number of carbonyl (C=O) groups excluding carboxylic acids is 1. The van der Waals surface area contributed by atoms with E-state index in [9.17, 15) is 4.79 Å². The Bertz CT molecular complexity index is 633. The monoisotopic (exact) mass is 300 g/mol. The molecule has 0 aliphatic carbocycles. The highest BCUT2D eigenvalue weighted by atomic mass is 32.1. The zero-order chi connectivity index (χ0) is 15.1. The lowest BCUT2D eigenvalue weighted by atomic mass is 10.2. The molecule has 0 radical (unpaired) electrons. The van der Waals surface area contributed by atoms with Gasteiger partial charge in [-0.25, -0.2) is 4.79 Å². The van der Waals surface area contributed by atoms with Crippen molar-refractivity contribution in [1.82, 2.24) is 14.7 Å². The van der Waals surface area contributed by atoms with Crippen molar-refractivity contribution in [3.8, 4) is 23.7 Å². The number of carbonyl (C=O) groups is 1. The number of rotatable bonds is 5. The fraction of sp³-hybridized carbons (Fsp3) is 0.267. The number of amides is 2. The summed E-state index contributed by atoms with van der Waals surface area (Å²) in [5.41, 5.74) is 0.918. The number of aromatic nitrogens is 2. The summed E-state index contributed by atoms with van der Waals surface area (Å²) in [6, 6.07) is 9.27. The van der Waals surface area contributed by atoms with Crippen molar-refractivity contribution >= 4 is 22.7 Å². The molecule has 0 unspecified atom stereocenters. The van der Waals surface area contributed by atoms with Crippen molar-refractivity contribution in [2.75, 3.05) is 5.32 Å². The van der Waals surface area contributed by atoms with E-state index in [1.807, 2.05) is 37.3 Å². The molecule has 2 aromatic rings. The first-order valence-electron chi connectivity index (χ1n) is 6.63. The molecule has 0 fully saturated rings. The number of benzene rings is 1. The minimum atomic E-state index is -0.312. The summed E-state index contributed by atoms with van der Waals surface area (Å²) in [6.07, 6.45) is 6.55. The molecular formula is C15H16N4OS. The van der Waals surface area contributed by atoms with Crippen LogP contribution in [0, 0.1) is 12.3 Å². The second kappa shape index (κ2) is 7.41. The molecule has 6 heteroatoms. The van der Waals surface area contributed by atoms with Gasteiger partial charge < -0.3 is 5.32 Å². The number of hydrogen-bond acceptors (Lipinski definition) is 4. The van der Waals surface area contributed by atoms with Crippen molar-refractivity contribution in [2.24, 2.45) is 0 Å². The maximum Gasteiger partial charge on any atom is 0.321 e. The van der Waals surface area contributed by atoms with Crippen LogP contribution < -0.4 is 10.6 Å². The Morgan fingerprint density at radius 1 is 1.43 bits per heavy atom. The topological polar surface area (TPSA) is 66.9 Å². The normalized spacial score (nSPS) is 11.4. The fourth-order valence-electron chi connectivity index (χ4n) is 1.74. The standard InChI is InChI=1S/C15H16N4OS/c1-3-8-12(4-2)16-14(20)18-15-17-13(19-21-15)11-9-6-5-7-10-11/h1,5-7,9-10,12H,4,8H2,2H3,(H2,16,17,18,19,20)/t12-/m1/s1. The Morgan fingerprint density at radius 2 is 2.19 bits per heavy atom. The van der Waals surface area contributed by atoms with Gasteiger partial charge in [-0.2, -0.15) is 9.36 Å². The third-order valence-corrected chi connectivity index (χ3v) is 3.50. The largest absolute Gasteiger partial charge is 0.334 e. The van der Waals surface area contributed by atoms with Gasteiger partial charge in [0.05, 0.1) is 0 Å². The van der Waals surface area contributed by atoms with Crippen LogP contribution in [0.15, 0.2) is 30.3 Å². The Morgan fingerprint density at radius 3 is 2.86 bits per heavy atom. The molecule has 0 saturated carbocycles. The Labute approximate surface area is 128 Å². The van der Waals surface area contributed by atoms with E-state index in [-0.39, 0.29) is 12.1 Å². The molecule has 0 spiro atoms. The summed E-state index contributed by atoms with van der Waals surface area (Å²) < 4.78 is 4.23. The maximum atomic E-state index is 11.9. The number of urea groups is 1. The number of nitrogens with zero attached hydrogens (tertiary/aromatic N) is 2. The first-order valence-corrected chi connectivity index (χ1v) is 7.40. The van der Waals surface area contributed by atoms with Gasteiger partial charge in [-0.15, -0.1) is 12.3 Å². The van der Waals surface area contributed by atoms with Crippen molar-refractivity contribution < 1.29 is 4.79 Å². The average Bonchev–Trinajstić information content (AvgIpc) is 2.96. The van der Waals surface area contributed by atoms with E-state index in [4.69, 9.17) is 6.42 Å². The molecule has 0 aliphatic rings. The van der Waals surface area contributed by atoms with E-state index < -0.39 is 0 Å². The molecule has 21 heavy (non-hydrogen) atoms. The van der Waals surface area contributed by atoms with Gasteiger partial charge in [-0.1, -0.05) is 37.3 Å². The zero-order valence-electron chi connectivity index (χ0n) is 11.7. The first kappa shape index (κ1) is 15.0. The van der Waals surface area contributed by atoms with Crippen LogP contribution in [-0.4, -0.2) is 21.4 Å². The third-order valence-electron chi connectivity index (χ3n) is 2.87. The van der Waals surface area contributed by atoms with E-state index in [1.165, 1.54) is 0 Å². The Balaban J connectivity index is 1.97. The highest BCUT2D eigenvalue weighted by Crippen LogP contribution is 2.20. The van der Waals surface area contributed by atoms with Crippen LogP contribution in [0.2, 0.25) is 0 Å². The van der Waals surface area contributed by atoms with Gasteiger partial charge in [-0.3, -0.25) is 5.32 Å².